The van der Waals surface area contributed by atoms with Crippen molar-refractivity contribution in [3.05, 3.63) is 30.1 Å². The third-order valence-corrected chi connectivity index (χ3v) is 5.98. The Bertz CT molecular complexity index is 727. The van der Waals surface area contributed by atoms with Crippen molar-refractivity contribution in [1.82, 2.24) is 14.8 Å². The number of thioether (sulfide) groups is 1. The van der Waals surface area contributed by atoms with Crippen molar-refractivity contribution in [1.29, 1.82) is 0 Å². The van der Waals surface area contributed by atoms with Gasteiger partial charge in [-0.3, -0.25) is 4.57 Å². The van der Waals surface area contributed by atoms with E-state index < -0.39 is 0 Å². The van der Waals surface area contributed by atoms with Crippen LogP contribution in [0.25, 0.3) is 0 Å². The summed E-state index contributed by atoms with van der Waals surface area (Å²) in [4.78, 5) is 2.37. The molecule has 2 heterocycles. The lowest BCUT2D eigenvalue weighted by molar-refractivity contribution is 0.269. The zero-order valence-electron chi connectivity index (χ0n) is 16.7. The number of para-hydroxylation sites is 2. The summed E-state index contributed by atoms with van der Waals surface area (Å²) in [5.41, 5.74) is 0. The first-order valence-electron chi connectivity index (χ1n) is 9.58. The quantitative estimate of drug-likeness (QED) is 0.682. The Labute approximate surface area is 166 Å². The standard InChI is InChI=1S/C20H30N4O2S/c1-15(2)13-24-19(14-26-18-8-6-5-7-17(18)25-3)21-22-20(24)23-11-9-16(27-4)10-12-23/h5-8,15-16H,9-14H2,1-4H3. The highest BCUT2D eigenvalue weighted by Crippen LogP contribution is 2.28. The summed E-state index contributed by atoms with van der Waals surface area (Å²) in [5, 5.41) is 9.73. The number of piperidine rings is 1. The van der Waals surface area contributed by atoms with Crippen molar-refractivity contribution in [3.63, 3.8) is 0 Å². The van der Waals surface area contributed by atoms with E-state index in [0.717, 1.165) is 48.2 Å². The SMILES string of the molecule is COc1ccccc1OCc1nnc(N2CCC(SC)CC2)n1CC(C)C. The van der Waals surface area contributed by atoms with Crippen LogP contribution < -0.4 is 14.4 Å². The summed E-state index contributed by atoms with van der Waals surface area (Å²) < 4.78 is 13.6. The zero-order chi connectivity index (χ0) is 19.2. The number of nitrogens with zero attached hydrogens (tertiary/aromatic N) is 4. The minimum atomic E-state index is 0.376. The fraction of sp³-hybridized carbons (Fsp3) is 0.600. The van der Waals surface area contributed by atoms with Gasteiger partial charge in [0.2, 0.25) is 5.95 Å². The fourth-order valence-electron chi connectivity index (χ4n) is 3.39. The Kier molecular flexibility index (Phi) is 6.88. The molecule has 0 spiro atoms. The van der Waals surface area contributed by atoms with Crippen molar-refractivity contribution in [3.8, 4) is 11.5 Å². The minimum Gasteiger partial charge on any atom is -0.493 e. The van der Waals surface area contributed by atoms with Gasteiger partial charge in [-0.25, -0.2) is 0 Å². The van der Waals surface area contributed by atoms with Gasteiger partial charge in [-0.2, -0.15) is 11.8 Å². The molecule has 0 aliphatic carbocycles. The van der Waals surface area contributed by atoms with Crippen LogP contribution in [-0.2, 0) is 13.2 Å². The molecule has 0 radical (unpaired) electrons. The first kappa shape index (κ1) is 19.9. The summed E-state index contributed by atoms with van der Waals surface area (Å²) in [6.45, 7) is 7.77. The van der Waals surface area contributed by atoms with Gasteiger partial charge in [0, 0.05) is 24.9 Å². The molecule has 0 bridgehead atoms. The van der Waals surface area contributed by atoms with E-state index in [-0.39, 0.29) is 0 Å². The van der Waals surface area contributed by atoms with Crippen LogP contribution in [0.1, 0.15) is 32.5 Å². The second-order valence-corrected chi connectivity index (χ2v) is 8.42. The molecular weight excluding hydrogens is 360 g/mol. The maximum atomic E-state index is 6.00. The molecule has 1 aliphatic heterocycles. The number of aromatic nitrogens is 3. The second-order valence-electron chi connectivity index (χ2n) is 7.28. The first-order chi connectivity index (χ1) is 13.1. The van der Waals surface area contributed by atoms with Crippen molar-refractivity contribution in [2.45, 2.75) is 45.1 Å². The van der Waals surface area contributed by atoms with Gasteiger partial charge in [-0.15, -0.1) is 10.2 Å². The third kappa shape index (κ3) is 4.89. The summed E-state index contributed by atoms with van der Waals surface area (Å²) >= 11 is 1.97. The van der Waals surface area contributed by atoms with Gasteiger partial charge in [0.1, 0.15) is 6.61 Å². The van der Waals surface area contributed by atoms with Crippen molar-refractivity contribution >= 4 is 17.7 Å². The molecule has 3 rings (SSSR count). The fourth-order valence-corrected chi connectivity index (χ4v) is 4.07. The molecule has 1 aliphatic rings. The summed E-state index contributed by atoms with van der Waals surface area (Å²) in [6.07, 6.45) is 4.60. The molecule has 7 heteroatoms. The van der Waals surface area contributed by atoms with Gasteiger partial charge in [-0.1, -0.05) is 26.0 Å². The Morgan fingerprint density at radius 1 is 1.15 bits per heavy atom. The molecule has 1 aromatic carbocycles. The molecule has 0 unspecified atom stereocenters. The molecule has 27 heavy (non-hydrogen) atoms. The van der Waals surface area contributed by atoms with E-state index >= 15 is 0 Å². The maximum absolute atomic E-state index is 6.00. The second kappa shape index (κ2) is 9.35. The van der Waals surface area contributed by atoms with Gasteiger partial charge < -0.3 is 14.4 Å². The number of benzene rings is 1. The summed E-state index contributed by atoms with van der Waals surface area (Å²) in [7, 11) is 1.65. The molecule has 1 saturated heterocycles. The van der Waals surface area contributed by atoms with E-state index in [1.165, 1.54) is 12.8 Å². The van der Waals surface area contributed by atoms with Gasteiger partial charge in [0.05, 0.1) is 7.11 Å². The zero-order valence-corrected chi connectivity index (χ0v) is 17.5. The lowest BCUT2D eigenvalue weighted by atomic mass is 10.1. The summed E-state index contributed by atoms with van der Waals surface area (Å²) in [6, 6.07) is 7.69. The monoisotopic (exact) mass is 390 g/mol. The lowest BCUT2D eigenvalue weighted by Crippen LogP contribution is -2.36. The molecule has 0 saturated carbocycles. The van der Waals surface area contributed by atoms with Crippen LogP contribution >= 0.6 is 11.8 Å². The maximum Gasteiger partial charge on any atom is 0.227 e. The molecule has 0 N–H and O–H groups in total. The van der Waals surface area contributed by atoms with Crippen LogP contribution in [0.5, 0.6) is 11.5 Å². The van der Waals surface area contributed by atoms with E-state index in [0.29, 0.717) is 12.5 Å². The Hall–Kier alpha value is -1.89. The molecule has 148 valence electrons. The van der Waals surface area contributed by atoms with E-state index in [2.05, 4.69) is 39.8 Å². The molecule has 0 amide bonds. The smallest absolute Gasteiger partial charge is 0.227 e. The van der Waals surface area contributed by atoms with Crippen molar-refractivity contribution in [2.75, 3.05) is 31.4 Å². The number of hydrogen-bond acceptors (Lipinski definition) is 6. The Balaban J connectivity index is 1.76. The van der Waals surface area contributed by atoms with Gasteiger partial charge in [-0.05, 0) is 37.1 Å². The molecule has 0 atom stereocenters. The number of anilines is 1. The van der Waals surface area contributed by atoms with E-state index in [1.54, 1.807) is 7.11 Å². The van der Waals surface area contributed by atoms with Gasteiger partial charge in [0.15, 0.2) is 17.3 Å². The van der Waals surface area contributed by atoms with Crippen LogP contribution in [0.3, 0.4) is 0 Å². The summed E-state index contributed by atoms with van der Waals surface area (Å²) in [5.74, 6) is 3.79. The largest absolute Gasteiger partial charge is 0.493 e. The first-order valence-corrected chi connectivity index (χ1v) is 10.9. The van der Waals surface area contributed by atoms with Crippen LogP contribution in [0.2, 0.25) is 0 Å². The lowest BCUT2D eigenvalue weighted by Gasteiger charge is -2.32. The number of rotatable bonds is 8. The van der Waals surface area contributed by atoms with Gasteiger partial charge >= 0.3 is 0 Å². The van der Waals surface area contributed by atoms with Crippen LogP contribution in [0, 0.1) is 5.92 Å². The number of hydrogen-bond donors (Lipinski definition) is 0. The number of ether oxygens (including phenoxy) is 2. The molecular formula is C20H30N4O2S. The van der Waals surface area contributed by atoms with E-state index in [9.17, 15) is 0 Å². The molecule has 6 nitrogen and oxygen atoms in total. The predicted molar refractivity (Wildman–Crippen MR) is 111 cm³/mol. The van der Waals surface area contributed by atoms with Gasteiger partial charge in [0.25, 0.3) is 0 Å². The highest BCUT2D eigenvalue weighted by atomic mass is 32.2. The van der Waals surface area contributed by atoms with Crippen molar-refractivity contribution in [2.24, 2.45) is 5.92 Å². The predicted octanol–water partition coefficient (Wildman–Crippen LogP) is 3.85. The van der Waals surface area contributed by atoms with Crippen LogP contribution in [0.15, 0.2) is 24.3 Å². The Morgan fingerprint density at radius 2 is 1.85 bits per heavy atom. The molecule has 2 aromatic rings. The van der Waals surface area contributed by atoms with Crippen molar-refractivity contribution < 1.29 is 9.47 Å². The van der Waals surface area contributed by atoms with Crippen LogP contribution in [-0.4, -0.2) is 46.5 Å². The third-order valence-electron chi connectivity index (χ3n) is 4.84. The normalized spacial score (nSPS) is 15.4. The van der Waals surface area contributed by atoms with E-state index in [1.807, 2.05) is 36.0 Å². The average Bonchev–Trinajstić information content (AvgIpc) is 3.08. The molecule has 1 fully saturated rings. The van der Waals surface area contributed by atoms with E-state index in [4.69, 9.17) is 9.47 Å². The molecule has 1 aromatic heterocycles. The Morgan fingerprint density at radius 3 is 2.48 bits per heavy atom. The minimum absolute atomic E-state index is 0.376. The highest BCUT2D eigenvalue weighted by Gasteiger charge is 2.24. The highest BCUT2D eigenvalue weighted by molar-refractivity contribution is 7.99. The van der Waals surface area contributed by atoms with Crippen LogP contribution in [0.4, 0.5) is 5.95 Å². The topological polar surface area (TPSA) is 52.4 Å². The number of methoxy groups -OCH3 is 1. The average molecular weight is 391 g/mol.